The van der Waals surface area contributed by atoms with E-state index in [9.17, 15) is 13.8 Å². The summed E-state index contributed by atoms with van der Waals surface area (Å²) in [5.41, 5.74) is 2.15. The minimum absolute atomic E-state index is 0.0128. The number of methoxy groups -OCH3 is 1. The van der Waals surface area contributed by atoms with E-state index in [0.717, 1.165) is 12.0 Å². The molecule has 2 rings (SSSR count). The highest BCUT2D eigenvalue weighted by atomic mass is 32.2. The van der Waals surface area contributed by atoms with Crippen molar-refractivity contribution >= 4 is 28.4 Å². The van der Waals surface area contributed by atoms with Crippen molar-refractivity contribution in [2.45, 2.75) is 25.2 Å². The van der Waals surface area contributed by atoms with E-state index in [4.69, 9.17) is 9.47 Å². The third-order valence-electron chi connectivity index (χ3n) is 3.90. The van der Waals surface area contributed by atoms with Gasteiger partial charge in [-0.15, -0.1) is 0 Å². The van der Waals surface area contributed by atoms with Crippen LogP contribution in [0, 0.1) is 0 Å². The lowest BCUT2D eigenvalue weighted by Gasteiger charge is -2.08. The minimum Gasteiger partial charge on any atom is -0.465 e. The first-order chi connectivity index (χ1) is 13.5. The Morgan fingerprint density at radius 2 is 1.68 bits per heavy atom. The normalized spacial score (nSPS) is 12.2. The van der Waals surface area contributed by atoms with Crippen LogP contribution in [0.5, 0.6) is 0 Å². The lowest BCUT2D eigenvalue weighted by Crippen LogP contribution is -2.12. The van der Waals surface area contributed by atoms with Crippen molar-refractivity contribution in [1.82, 2.24) is 0 Å². The zero-order valence-electron chi connectivity index (χ0n) is 16.1. The molecule has 0 fully saturated rings. The Hall–Kier alpha value is -2.93. The first-order valence-electron chi connectivity index (χ1n) is 8.83. The molecule has 1 atom stereocenters. The Bertz CT molecular complexity index is 873. The molecule has 0 amide bonds. The van der Waals surface area contributed by atoms with Crippen LogP contribution >= 0.6 is 0 Å². The highest BCUT2D eigenvalue weighted by Crippen LogP contribution is 2.18. The second kappa shape index (κ2) is 10.4. The molecule has 0 radical (unpaired) electrons. The van der Waals surface area contributed by atoms with E-state index in [-0.39, 0.29) is 4.91 Å². The van der Waals surface area contributed by atoms with Crippen molar-refractivity contribution in [3.63, 3.8) is 0 Å². The summed E-state index contributed by atoms with van der Waals surface area (Å²) in [5.74, 6) is -1.09. The number of carbonyl (C=O) groups excluding carboxylic acids is 2. The van der Waals surface area contributed by atoms with Crippen LogP contribution in [0.15, 0.2) is 64.5 Å². The smallest absolute Gasteiger partial charge is 0.348 e. The van der Waals surface area contributed by atoms with E-state index >= 15 is 0 Å². The fourth-order valence-electron chi connectivity index (χ4n) is 2.33. The van der Waals surface area contributed by atoms with Crippen LogP contribution in [0.3, 0.4) is 0 Å². The second-order valence-corrected chi connectivity index (χ2v) is 7.16. The topological polar surface area (TPSA) is 81.7 Å². The third-order valence-corrected chi connectivity index (χ3v) is 5.28. The molecule has 0 saturated heterocycles. The predicted octanol–water partition coefficient (Wildman–Crippen LogP) is 3.66. The molecule has 0 saturated carbocycles. The zero-order chi connectivity index (χ0) is 20.5. The number of carbonyl (C=O) groups is 2. The SMILES string of the molecule is CCOC(=O)c1ccc(N/C=C(\C(=O)OC)S(=O)c2ccc(CC)cc2)cc1. The Balaban J connectivity index is 2.20. The highest BCUT2D eigenvalue weighted by molar-refractivity contribution is 7.90. The lowest BCUT2D eigenvalue weighted by molar-refractivity contribution is -0.135. The van der Waals surface area contributed by atoms with Gasteiger partial charge in [0, 0.05) is 16.8 Å². The molecule has 0 aliphatic carbocycles. The molecule has 0 spiro atoms. The fourth-order valence-corrected chi connectivity index (χ4v) is 3.37. The van der Waals surface area contributed by atoms with Crippen LogP contribution in [0.25, 0.3) is 0 Å². The number of anilines is 1. The van der Waals surface area contributed by atoms with E-state index in [1.807, 2.05) is 19.1 Å². The van der Waals surface area contributed by atoms with Gasteiger partial charge in [-0.2, -0.15) is 0 Å². The van der Waals surface area contributed by atoms with E-state index in [2.05, 4.69) is 5.32 Å². The number of esters is 2. The minimum atomic E-state index is -1.70. The molecule has 1 N–H and O–H groups in total. The summed E-state index contributed by atoms with van der Waals surface area (Å²) < 4.78 is 22.5. The van der Waals surface area contributed by atoms with Crippen molar-refractivity contribution < 1.29 is 23.3 Å². The first kappa shape index (κ1) is 21.4. The zero-order valence-corrected chi connectivity index (χ0v) is 16.9. The van der Waals surface area contributed by atoms with Gasteiger partial charge in [0.05, 0.1) is 30.1 Å². The van der Waals surface area contributed by atoms with Crippen molar-refractivity contribution in [2.24, 2.45) is 0 Å². The lowest BCUT2D eigenvalue weighted by atomic mass is 10.2. The quantitative estimate of drug-likeness (QED) is 0.537. The second-order valence-electron chi connectivity index (χ2n) is 5.71. The van der Waals surface area contributed by atoms with Gasteiger partial charge in [-0.3, -0.25) is 0 Å². The number of aryl methyl sites for hydroxylation is 1. The van der Waals surface area contributed by atoms with Crippen LogP contribution in [-0.2, 0) is 31.5 Å². The predicted molar refractivity (Wildman–Crippen MR) is 108 cm³/mol. The Kier molecular flexibility index (Phi) is 7.95. The molecule has 0 aliphatic rings. The van der Waals surface area contributed by atoms with Crippen molar-refractivity contribution in [1.29, 1.82) is 0 Å². The average molecular weight is 401 g/mol. The molecule has 7 heteroatoms. The average Bonchev–Trinajstić information content (AvgIpc) is 2.74. The molecule has 148 valence electrons. The number of rotatable bonds is 8. The highest BCUT2D eigenvalue weighted by Gasteiger charge is 2.19. The fraction of sp³-hybridized carbons (Fsp3) is 0.238. The number of ether oxygens (including phenoxy) is 2. The summed E-state index contributed by atoms with van der Waals surface area (Å²) in [4.78, 5) is 24.3. The molecular weight excluding hydrogens is 378 g/mol. The van der Waals surface area contributed by atoms with Crippen LogP contribution in [-0.4, -0.2) is 29.9 Å². The Morgan fingerprint density at radius 3 is 2.21 bits per heavy atom. The summed E-state index contributed by atoms with van der Waals surface area (Å²) >= 11 is 0. The Morgan fingerprint density at radius 1 is 1.04 bits per heavy atom. The van der Waals surface area contributed by atoms with Gasteiger partial charge in [0.25, 0.3) is 0 Å². The van der Waals surface area contributed by atoms with Gasteiger partial charge in [0.1, 0.15) is 4.91 Å². The van der Waals surface area contributed by atoms with E-state index in [1.54, 1.807) is 43.3 Å². The summed E-state index contributed by atoms with van der Waals surface area (Å²) in [6.45, 7) is 4.07. The van der Waals surface area contributed by atoms with Gasteiger partial charge in [-0.1, -0.05) is 19.1 Å². The molecule has 28 heavy (non-hydrogen) atoms. The van der Waals surface area contributed by atoms with Gasteiger partial charge >= 0.3 is 11.9 Å². The van der Waals surface area contributed by atoms with Crippen LogP contribution in [0.4, 0.5) is 5.69 Å². The maximum atomic E-state index is 12.8. The molecule has 0 bridgehead atoms. The van der Waals surface area contributed by atoms with Crippen molar-refractivity contribution in [3.8, 4) is 0 Å². The van der Waals surface area contributed by atoms with Crippen molar-refractivity contribution in [3.05, 3.63) is 70.8 Å². The molecule has 1 unspecified atom stereocenters. The van der Waals surface area contributed by atoms with Crippen LogP contribution in [0.2, 0.25) is 0 Å². The Labute approximate surface area is 167 Å². The number of hydrogen-bond donors (Lipinski definition) is 1. The maximum absolute atomic E-state index is 12.8. The van der Waals surface area contributed by atoms with Crippen LogP contribution in [0.1, 0.15) is 29.8 Å². The summed E-state index contributed by atoms with van der Waals surface area (Å²) in [5, 5.41) is 2.92. The summed E-state index contributed by atoms with van der Waals surface area (Å²) in [6, 6.07) is 13.8. The maximum Gasteiger partial charge on any atom is 0.348 e. The molecule has 2 aromatic rings. The molecule has 0 aromatic heterocycles. The molecule has 2 aromatic carbocycles. The summed E-state index contributed by atoms with van der Waals surface area (Å²) in [6.07, 6.45) is 2.23. The molecular formula is C21H23NO5S. The number of hydrogen-bond acceptors (Lipinski definition) is 6. The monoisotopic (exact) mass is 401 g/mol. The van der Waals surface area contributed by atoms with E-state index < -0.39 is 22.7 Å². The number of benzene rings is 2. The van der Waals surface area contributed by atoms with Crippen LogP contribution < -0.4 is 5.32 Å². The van der Waals surface area contributed by atoms with Gasteiger partial charge in [0.2, 0.25) is 0 Å². The van der Waals surface area contributed by atoms with Gasteiger partial charge in [-0.25, -0.2) is 13.8 Å². The van der Waals surface area contributed by atoms with Crippen molar-refractivity contribution in [2.75, 3.05) is 19.0 Å². The summed E-state index contributed by atoms with van der Waals surface area (Å²) in [7, 11) is -0.462. The largest absolute Gasteiger partial charge is 0.465 e. The first-order valence-corrected chi connectivity index (χ1v) is 9.98. The number of nitrogens with one attached hydrogen (secondary N) is 1. The van der Waals surface area contributed by atoms with E-state index in [1.165, 1.54) is 13.3 Å². The standard InChI is InChI=1S/C21H23NO5S/c1-4-15-6-12-18(13-7-15)28(25)19(21(24)26-3)14-22-17-10-8-16(9-11-17)20(23)27-5-2/h6-14,22H,4-5H2,1-3H3/b19-14+. The third kappa shape index (κ3) is 5.53. The molecule has 0 aliphatic heterocycles. The van der Waals surface area contributed by atoms with Gasteiger partial charge in [0.15, 0.2) is 0 Å². The van der Waals surface area contributed by atoms with Gasteiger partial charge < -0.3 is 14.8 Å². The van der Waals surface area contributed by atoms with Gasteiger partial charge in [-0.05, 0) is 55.3 Å². The van der Waals surface area contributed by atoms with E-state index in [0.29, 0.717) is 22.8 Å². The molecule has 0 heterocycles. The molecule has 6 nitrogen and oxygen atoms in total.